The highest BCUT2D eigenvalue weighted by Gasteiger charge is 2.16. The number of amides is 1. The van der Waals surface area contributed by atoms with Gasteiger partial charge in [0.2, 0.25) is 0 Å². The molecule has 0 aromatic carbocycles. The summed E-state index contributed by atoms with van der Waals surface area (Å²) < 4.78 is 4.94. The van der Waals surface area contributed by atoms with Crippen LogP contribution in [0.3, 0.4) is 0 Å². The van der Waals surface area contributed by atoms with Gasteiger partial charge in [-0.15, -0.1) is 0 Å². The molecule has 5 heteroatoms. The van der Waals surface area contributed by atoms with Gasteiger partial charge in [-0.2, -0.15) is 0 Å². The average Bonchev–Trinajstić information content (AvgIpc) is 2.89. The number of carboxylic acids is 1. The molecule has 2 N–H and O–H groups in total. The number of hydrogen-bond acceptors (Lipinski definition) is 3. The lowest BCUT2D eigenvalue weighted by molar-refractivity contribution is 0.0696. The van der Waals surface area contributed by atoms with Crippen LogP contribution >= 0.6 is 0 Å². The molecule has 0 unspecified atom stereocenters. The van der Waals surface area contributed by atoms with Gasteiger partial charge in [0.25, 0.3) is 5.91 Å². The fourth-order valence-electron chi connectivity index (χ4n) is 2.52. The van der Waals surface area contributed by atoms with Crippen molar-refractivity contribution >= 4 is 11.9 Å². The Morgan fingerprint density at radius 2 is 2.05 bits per heavy atom. The molecule has 0 atom stereocenters. The summed E-state index contributed by atoms with van der Waals surface area (Å²) in [4.78, 5) is 22.4. The van der Waals surface area contributed by atoms with Gasteiger partial charge in [0.15, 0.2) is 5.76 Å². The normalized spacial score (nSPS) is 16.2. The Bertz CT molecular complexity index is 446. The first kappa shape index (κ1) is 13.6. The van der Waals surface area contributed by atoms with Crippen LogP contribution in [0.4, 0.5) is 0 Å². The monoisotopic (exact) mass is 265 g/mol. The van der Waals surface area contributed by atoms with Gasteiger partial charge in [-0.3, -0.25) is 4.79 Å². The van der Waals surface area contributed by atoms with Crippen LogP contribution in [0, 0.1) is 5.92 Å². The molecule has 5 nitrogen and oxygen atoms in total. The third kappa shape index (κ3) is 3.84. The average molecular weight is 265 g/mol. The Kier molecular flexibility index (Phi) is 4.60. The van der Waals surface area contributed by atoms with Crippen LogP contribution in [0.5, 0.6) is 0 Å². The molecular formula is C14H19NO4. The number of carbonyl (C=O) groups excluding carboxylic acids is 1. The van der Waals surface area contributed by atoms with E-state index in [0.29, 0.717) is 12.5 Å². The van der Waals surface area contributed by atoms with Crippen LogP contribution in [0.2, 0.25) is 0 Å². The van der Waals surface area contributed by atoms with Gasteiger partial charge in [-0.25, -0.2) is 4.79 Å². The Balaban J connectivity index is 1.75. The molecule has 0 spiro atoms. The fourth-order valence-corrected chi connectivity index (χ4v) is 2.52. The van der Waals surface area contributed by atoms with Crippen molar-refractivity contribution in [2.24, 2.45) is 5.92 Å². The number of aromatic carboxylic acids is 1. The SMILES string of the molecule is O=C(O)c1coc(C(=O)NCCC2CCCCC2)c1. The predicted molar refractivity (Wildman–Crippen MR) is 69.2 cm³/mol. The van der Waals surface area contributed by atoms with Crippen molar-refractivity contribution < 1.29 is 19.1 Å². The van der Waals surface area contributed by atoms with Crippen molar-refractivity contribution in [2.45, 2.75) is 38.5 Å². The zero-order chi connectivity index (χ0) is 13.7. The summed E-state index contributed by atoms with van der Waals surface area (Å²) in [5.41, 5.74) is -0.00238. The topological polar surface area (TPSA) is 79.5 Å². The first-order valence-electron chi connectivity index (χ1n) is 6.77. The van der Waals surface area contributed by atoms with Gasteiger partial charge in [-0.1, -0.05) is 32.1 Å². The summed E-state index contributed by atoms with van der Waals surface area (Å²) >= 11 is 0. The fraction of sp³-hybridized carbons (Fsp3) is 0.571. The molecule has 1 heterocycles. The molecular weight excluding hydrogens is 246 g/mol. The van der Waals surface area contributed by atoms with Crippen LogP contribution in [0.1, 0.15) is 59.4 Å². The standard InChI is InChI=1S/C14H19NO4/c16-13(12-8-11(9-19-12)14(17)18)15-7-6-10-4-2-1-3-5-10/h8-10H,1-7H2,(H,15,16)(H,17,18). The van der Waals surface area contributed by atoms with Crippen molar-refractivity contribution in [2.75, 3.05) is 6.54 Å². The molecule has 0 saturated heterocycles. The molecule has 1 fully saturated rings. The second-order valence-corrected chi connectivity index (χ2v) is 5.05. The van der Waals surface area contributed by atoms with Crippen LogP contribution in [0.25, 0.3) is 0 Å². The molecule has 0 bridgehead atoms. The summed E-state index contributed by atoms with van der Waals surface area (Å²) in [6.45, 7) is 0.618. The van der Waals surface area contributed by atoms with Crippen molar-refractivity contribution in [1.29, 1.82) is 0 Å². The second-order valence-electron chi connectivity index (χ2n) is 5.05. The summed E-state index contributed by atoms with van der Waals surface area (Å²) in [7, 11) is 0. The first-order chi connectivity index (χ1) is 9.16. The molecule has 104 valence electrons. The Morgan fingerprint density at radius 3 is 2.68 bits per heavy atom. The maximum absolute atomic E-state index is 11.7. The Hall–Kier alpha value is -1.78. The van der Waals surface area contributed by atoms with E-state index in [9.17, 15) is 9.59 Å². The molecule has 1 amide bonds. The van der Waals surface area contributed by atoms with Crippen molar-refractivity contribution in [3.63, 3.8) is 0 Å². The van der Waals surface area contributed by atoms with E-state index in [4.69, 9.17) is 9.52 Å². The minimum Gasteiger partial charge on any atom is -0.478 e. The maximum Gasteiger partial charge on any atom is 0.338 e. The van der Waals surface area contributed by atoms with E-state index in [-0.39, 0.29) is 17.2 Å². The molecule has 19 heavy (non-hydrogen) atoms. The molecule has 1 aliphatic carbocycles. The zero-order valence-corrected chi connectivity index (χ0v) is 10.9. The van der Waals surface area contributed by atoms with E-state index in [2.05, 4.69) is 5.32 Å². The largest absolute Gasteiger partial charge is 0.478 e. The predicted octanol–water partition coefficient (Wildman–Crippen LogP) is 2.68. The number of furan rings is 1. The van der Waals surface area contributed by atoms with E-state index < -0.39 is 5.97 Å². The highest BCUT2D eigenvalue weighted by molar-refractivity contribution is 5.95. The highest BCUT2D eigenvalue weighted by Crippen LogP contribution is 2.25. The summed E-state index contributed by atoms with van der Waals surface area (Å²) in [5.74, 6) is -0.672. The first-order valence-corrected chi connectivity index (χ1v) is 6.77. The molecule has 1 aromatic rings. The summed E-state index contributed by atoms with van der Waals surface area (Å²) in [6.07, 6.45) is 8.47. The molecule has 2 rings (SSSR count). The Morgan fingerprint density at radius 1 is 1.32 bits per heavy atom. The third-order valence-corrected chi connectivity index (χ3v) is 3.63. The summed E-state index contributed by atoms with van der Waals surface area (Å²) in [6, 6.07) is 1.25. The molecule has 0 radical (unpaired) electrons. The maximum atomic E-state index is 11.7. The van der Waals surface area contributed by atoms with Gasteiger partial charge in [0, 0.05) is 12.6 Å². The lowest BCUT2D eigenvalue weighted by atomic mass is 9.87. The lowest BCUT2D eigenvalue weighted by Crippen LogP contribution is -2.26. The van der Waals surface area contributed by atoms with E-state index in [1.165, 1.54) is 38.2 Å². The van der Waals surface area contributed by atoms with E-state index in [1.54, 1.807) is 0 Å². The lowest BCUT2D eigenvalue weighted by Gasteiger charge is -2.21. The van der Waals surface area contributed by atoms with Gasteiger partial charge in [0.1, 0.15) is 6.26 Å². The zero-order valence-electron chi connectivity index (χ0n) is 10.9. The van der Waals surface area contributed by atoms with Gasteiger partial charge in [-0.05, 0) is 12.3 Å². The number of carboxylic acid groups (broad SMARTS) is 1. The van der Waals surface area contributed by atoms with E-state index in [0.717, 1.165) is 12.7 Å². The number of carbonyl (C=O) groups is 2. The number of rotatable bonds is 5. The minimum absolute atomic E-state index is 0.00238. The quantitative estimate of drug-likeness (QED) is 0.857. The molecule has 1 aromatic heterocycles. The van der Waals surface area contributed by atoms with E-state index in [1.807, 2.05) is 0 Å². The molecule has 1 aliphatic rings. The van der Waals surface area contributed by atoms with Gasteiger partial charge in [0.05, 0.1) is 5.56 Å². The second kappa shape index (κ2) is 6.41. The Labute approximate surface area is 112 Å². The van der Waals surface area contributed by atoms with Crippen molar-refractivity contribution in [3.05, 3.63) is 23.7 Å². The number of hydrogen-bond donors (Lipinski definition) is 2. The van der Waals surface area contributed by atoms with Crippen LogP contribution in [-0.2, 0) is 0 Å². The van der Waals surface area contributed by atoms with Gasteiger partial charge >= 0.3 is 5.97 Å². The van der Waals surface area contributed by atoms with Crippen LogP contribution < -0.4 is 5.32 Å². The van der Waals surface area contributed by atoms with Crippen LogP contribution in [-0.4, -0.2) is 23.5 Å². The van der Waals surface area contributed by atoms with E-state index >= 15 is 0 Å². The highest BCUT2D eigenvalue weighted by atomic mass is 16.4. The summed E-state index contributed by atoms with van der Waals surface area (Å²) in [5, 5.41) is 11.5. The minimum atomic E-state index is -1.09. The van der Waals surface area contributed by atoms with Crippen molar-refractivity contribution in [1.82, 2.24) is 5.32 Å². The third-order valence-electron chi connectivity index (χ3n) is 3.63. The number of nitrogens with one attached hydrogen (secondary N) is 1. The van der Waals surface area contributed by atoms with Gasteiger partial charge < -0.3 is 14.8 Å². The van der Waals surface area contributed by atoms with Crippen LogP contribution in [0.15, 0.2) is 16.7 Å². The molecule has 0 aliphatic heterocycles. The smallest absolute Gasteiger partial charge is 0.338 e. The molecule has 1 saturated carbocycles. The van der Waals surface area contributed by atoms with Crippen molar-refractivity contribution in [3.8, 4) is 0 Å².